The van der Waals surface area contributed by atoms with Crippen molar-refractivity contribution < 1.29 is 4.79 Å². The van der Waals surface area contributed by atoms with Crippen LogP contribution in [0.15, 0.2) is 12.5 Å². The minimum atomic E-state index is -0.472. The number of nitrogens with zero attached hydrogens (tertiary/aromatic N) is 1. The molecule has 0 saturated heterocycles. The molecule has 1 aromatic heterocycles. The summed E-state index contributed by atoms with van der Waals surface area (Å²) < 4.78 is 0. The van der Waals surface area contributed by atoms with E-state index >= 15 is 0 Å². The van der Waals surface area contributed by atoms with Crippen molar-refractivity contribution in [1.29, 1.82) is 0 Å². The highest BCUT2D eigenvalue weighted by molar-refractivity contribution is 5.89. The zero-order valence-corrected chi connectivity index (χ0v) is 6.87. The first-order chi connectivity index (χ1) is 5.68. The number of hydrogen-bond donors (Lipinski definition) is 2. The van der Waals surface area contributed by atoms with Crippen LogP contribution in [0.3, 0.4) is 0 Å². The molecule has 1 aliphatic rings. The molecule has 2 unspecified atom stereocenters. The van der Waals surface area contributed by atoms with E-state index < -0.39 is 5.41 Å². The molecular formula is C8H11N3O. The largest absolute Gasteiger partial charge is 0.369 e. The molecule has 1 fully saturated rings. The SMILES string of the molecule is CC1CC1(C(N)=O)c1c[nH]cn1. The van der Waals surface area contributed by atoms with Crippen molar-refractivity contribution in [2.75, 3.05) is 0 Å². The molecule has 0 radical (unpaired) electrons. The predicted octanol–water partition coefficient (Wildman–Crippen LogP) is 0.173. The van der Waals surface area contributed by atoms with Gasteiger partial charge in [-0.05, 0) is 12.3 Å². The summed E-state index contributed by atoms with van der Waals surface area (Å²) in [4.78, 5) is 18.1. The molecule has 0 spiro atoms. The Morgan fingerprint density at radius 2 is 2.58 bits per heavy atom. The Balaban J connectivity index is 2.38. The molecule has 1 aromatic rings. The summed E-state index contributed by atoms with van der Waals surface area (Å²) in [6.45, 7) is 2.01. The van der Waals surface area contributed by atoms with Gasteiger partial charge in [-0.2, -0.15) is 0 Å². The van der Waals surface area contributed by atoms with Crippen LogP contribution in [-0.4, -0.2) is 15.9 Å². The van der Waals surface area contributed by atoms with E-state index in [1.165, 1.54) is 0 Å². The molecule has 3 N–H and O–H groups in total. The summed E-state index contributed by atoms with van der Waals surface area (Å²) in [5.41, 5.74) is 5.63. The average Bonchev–Trinajstić information content (AvgIpc) is 2.51. The van der Waals surface area contributed by atoms with Crippen LogP contribution in [-0.2, 0) is 10.2 Å². The number of primary amides is 1. The second-order valence-corrected chi connectivity index (χ2v) is 3.40. The summed E-state index contributed by atoms with van der Waals surface area (Å²) in [5, 5.41) is 0. The minimum absolute atomic E-state index is 0.262. The van der Waals surface area contributed by atoms with Gasteiger partial charge in [0.05, 0.1) is 17.4 Å². The van der Waals surface area contributed by atoms with Gasteiger partial charge in [0, 0.05) is 6.20 Å². The molecule has 1 aliphatic carbocycles. The number of nitrogens with one attached hydrogen (secondary N) is 1. The third-order valence-corrected chi connectivity index (χ3v) is 2.70. The molecule has 2 rings (SSSR count). The fourth-order valence-corrected chi connectivity index (χ4v) is 1.75. The Morgan fingerprint density at radius 3 is 2.92 bits per heavy atom. The van der Waals surface area contributed by atoms with E-state index in [1.54, 1.807) is 12.5 Å². The van der Waals surface area contributed by atoms with Gasteiger partial charge in [0.25, 0.3) is 0 Å². The second kappa shape index (κ2) is 2.09. The fourth-order valence-electron chi connectivity index (χ4n) is 1.75. The molecule has 2 atom stereocenters. The second-order valence-electron chi connectivity index (χ2n) is 3.40. The van der Waals surface area contributed by atoms with Gasteiger partial charge in [-0.1, -0.05) is 6.92 Å². The van der Waals surface area contributed by atoms with Crippen LogP contribution in [0.5, 0.6) is 0 Å². The van der Waals surface area contributed by atoms with Crippen molar-refractivity contribution in [3.05, 3.63) is 18.2 Å². The summed E-state index contributed by atoms with van der Waals surface area (Å²) in [7, 11) is 0. The number of nitrogens with two attached hydrogens (primary N) is 1. The van der Waals surface area contributed by atoms with E-state index in [-0.39, 0.29) is 5.91 Å². The van der Waals surface area contributed by atoms with Crippen LogP contribution in [0.4, 0.5) is 0 Å². The molecule has 4 nitrogen and oxygen atoms in total. The van der Waals surface area contributed by atoms with Crippen molar-refractivity contribution in [2.24, 2.45) is 11.7 Å². The number of imidazole rings is 1. The van der Waals surface area contributed by atoms with Crippen LogP contribution in [0, 0.1) is 5.92 Å². The van der Waals surface area contributed by atoms with Crippen molar-refractivity contribution in [3.63, 3.8) is 0 Å². The topological polar surface area (TPSA) is 71.8 Å². The van der Waals surface area contributed by atoms with Gasteiger partial charge in [0.2, 0.25) is 5.91 Å². The van der Waals surface area contributed by atoms with E-state index in [4.69, 9.17) is 5.73 Å². The van der Waals surface area contributed by atoms with Crippen LogP contribution < -0.4 is 5.73 Å². The van der Waals surface area contributed by atoms with E-state index in [0.29, 0.717) is 5.92 Å². The van der Waals surface area contributed by atoms with Gasteiger partial charge in [0.1, 0.15) is 0 Å². The van der Waals surface area contributed by atoms with Gasteiger partial charge in [-0.15, -0.1) is 0 Å². The first-order valence-corrected chi connectivity index (χ1v) is 3.97. The highest BCUT2D eigenvalue weighted by Crippen LogP contribution is 2.52. The van der Waals surface area contributed by atoms with E-state index in [2.05, 4.69) is 9.97 Å². The number of aromatic amines is 1. The number of carbonyl (C=O) groups is 1. The average molecular weight is 165 g/mol. The zero-order valence-electron chi connectivity index (χ0n) is 6.87. The summed E-state index contributed by atoms with van der Waals surface area (Å²) in [6, 6.07) is 0. The third kappa shape index (κ3) is 0.719. The molecule has 12 heavy (non-hydrogen) atoms. The van der Waals surface area contributed by atoms with Crippen LogP contribution >= 0.6 is 0 Å². The highest BCUT2D eigenvalue weighted by atomic mass is 16.1. The van der Waals surface area contributed by atoms with Crippen LogP contribution in [0.25, 0.3) is 0 Å². The molecule has 1 saturated carbocycles. The number of rotatable bonds is 2. The maximum absolute atomic E-state index is 11.2. The molecule has 1 heterocycles. The third-order valence-electron chi connectivity index (χ3n) is 2.70. The maximum atomic E-state index is 11.2. The molecule has 0 aromatic carbocycles. The van der Waals surface area contributed by atoms with Crippen LogP contribution in [0.1, 0.15) is 19.0 Å². The molecule has 1 amide bonds. The zero-order chi connectivity index (χ0) is 8.77. The number of H-pyrrole nitrogens is 1. The summed E-state index contributed by atoms with van der Waals surface area (Å²) in [5.74, 6) is 0.0698. The fraction of sp³-hybridized carbons (Fsp3) is 0.500. The lowest BCUT2D eigenvalue weighted by Gasteiger charge is -2.07. The van der Waals surface area contributed by atoms with Crippen molar-refractivity contribution in [3.8, 4) is 0 Å². The van der Waals surface area contributed by atoms with Crippen molar-refractivity contribution >= 4 is 5.91 Å². The molecule has 0 aliphatic heterocycles. The molecule has 64 valence electrons. The highest BCUT2D eigenvalue weighted by Gasteiger charge is 2.58. The lowest BCUT2D eigenvalue weighted by molar-refractivity contribution is -0.120. The molecule has 0 bridgehead atoms. The van der Waals surface area contributed by atoms with E-state index in [0.717, 1.165) is 12.1 Å². The number of aromatic nitrogens is 2. The van der Waals surface area contributed by atoms with Crippen LogP contribution in [0.2, 0.25) is 0 Å². The monoisotopic (exact) mass is 165 g/mol. The Bertz CT molecular complexity index is 306. The van der Waals surface area contributed by atoms with Gasteiger partial charge in [-0.25, -0.2) is 4.98 Å². The predicted molar refractivity (Wildman–Crippen MR) is 43.2 cm³/mol. The first-order valence-electron chi connectivity index (χ1n) is 3.97. The number of hydrogen-bond acceptors (Lipinski definition) is 2. The van der Waals surface area contributed by atoms with E-state index in [9.17, 15) is 4.79 Å². The Morgan fingerprint density at radius 1 is 1.92 bits per heavy atom. The van der Waals surface area contributed by atoms with Gasteiger partial charge in [0.15, 0.2) is 0 Å². The Kier molecular flexibility index (Phi) is 1.28. The van der Waals surface area contributed by atoms with E-state index in [1.807, 2.05) is 6.92 Å². The number of amides is 1. The van der Waals surface area contributed by atoms with Gasteiger partial charge < -0.3 is 10.7 Å². The van der Waals surface area contributed by atoms with Gasteiger partial charge >= 0.3 is 0 Å². The quantitative estimate of drug-likeness (QED) is 0.655. The normalized spacial score (nSPS) is 33.2. The minimum Gasteiger partial charge on any atom is -0.369 e. The lowest BCUT2D eigenvalue weighted by Crippen LogP contribution is -2.30. The number of carbonyl (C=O) groups excluding carboxylic acids is 1. The Hall–Kier alpha value is -1.32. The lowest BCUT2D eigenvalue weighted by atomic mass is 10.00. The Labute approximate surface area is 70.2 Å². The summed E-state index contributed by atoms with van der Waals surface area (Å²) >= 11 is 0. The van der Waals surface area contributed by atoms with Gasteiger partial charge in [-0.3, -0.25) is 4.79 Å². The first kappa shape index (κ1) is 7.34. The van der Waals surface area contributed by atoms with Crippen molar-refractivity contribution in [2.45, 2.75) is 18.8 Å². The standard InChI is InChI=1S/C8H11N3O/c1-5-2-8(5,7(9)12)6-3-10-4-11-6/h3-5H,2H2,1H3,(H2,9,12)(H,10,11). The summed E-state index contributed by atoms with van der Waals surface area (Å²) in [6.07, 6.45) is 4.15. The van der Waals surface area contributed by atoms with Crippen molar-refractivity contribution in [1.82, 2.24) is 9.97 Å². The maximum Gasteiger partial charge on any atom is 0.230 e. The smallest absolute Gasteiger partial charge is 0.230 e. The molecule has 4 heteroatoms. The molecular weight excluding hydrogens is 154 g/mol.